The van der Waals surface area contributed by atoms with Crippen LogP contribution in [0.15, 0.2) is 0 Å². The number of rotatable bonds is 5. The topological polar surface area (TPSA) is 72.9 Å². The van der Waals surface area contributed by atoms with E-state index in [-0.39, 0.29) is 12.6 Å². The van der Waals surface area contributed by atoms with Crippen molar-refractivity contribution in [2.24, 2.45) is 11.3 Å². The fourth-order valence-electron chi connectivity index (χ4n) is 2.52. The third kappa shape index (κ3) is 3.62. The summed E-state index contributed by atoms with van der Waals surface area (Å²) < 4.78 is 0. The van der Waals surface area contributed by atoms with Crippen LogP contribution in [0, 0.1) is 11.3 Å². The number of nitrogens with one attached hydrogen (secondary N) is 1. The minimum absolute atomic E-state index is 0.162. The fraction of sp³-hybridized carbons (Fsp3) is 0.857. The number of urea groups is 1. The van der Waals surface area contributed by atoms with Crippen molar-refractivity contribution >= 4 is 12.0 Å². The number of carboxylic acids is 1. The Morgan fingerprint density at radius 1 is 1.40 bits per heavy atom. The summed E-state index contributed by atoms with van der Waals surface area (Å²) in [6.07, 6.45) is 0.485. The van der Waals surface area contributed by atoms with Crippen LogP contribution in [0.5, 0.6) is 0 Å². The lowest BCUT2D eigenvalue weighted by Gasteiger charge is -2.26. The highest BCUT2D eigenvalue weighted by Gasteiger charge is 2.36. The Morgan fingerprint density at radius 3 is 2.40 bits per heavy atom. The van der Waals surface area contributed by atoms with Gasteiger partial charge in [0.1, 0.15) is 0 Å². The summed E-state index contributed by atoms with van der Waals surface area (Å²) in [7, 11) is 4.03. The zero-order chi connectivity index (χ0) is 15.5. The molecule has 0 radical (unpaired) electrons. The van der Waals surface area contributed by atoms with Crippen LogP contribution in [-0.2, 0) is 4.79 Å². The molecular formula is C14H27N3O3. The SMILES string of the molecule is CCC(C)(CNC(=O)N1CC(C)C(N(C)C)C1)C(=O)O. The number of carboxylic acid groups (broad SMARTS) is 1. The second-order valence-corrected chi connectivity index (χ2v) is 6.29. The molecule has 1 saturated heterocycles. The number of likely N-dealkylation sites (tertiary alicyclic amines) is 1. The van der Waals surface area contributed by atoms with Crippen LogP contribution in [0.1, 0.15) is 27.2 Å². The lowest BCUT2D eigenvalue weighted by molar-refractivity contribution is -0.147. The molecule has 116 valence electrons. The lowest BCUT2D eigenvalue weighted by Crippen LogP contribution is -2.46. The van der Waals surface area contributed by atoms with Crippen LogP contribution < -0.4 is 5.32 Å². The van der Waals surface area contributed by atoms with Crippen molar-refractivity contribution in [3.63, 3.8) is 0 Å². The molecule has 1 heterocycles. The minimum atomic E-state index is -0.901. The normalized spacial score (nSPS) is 25.6. The van der Waals surface area contributed by atoms with Gasteiger partial charge in [-0.1, -0.05) is 13.8 Å². The summed E-state index contributed by atoms with van der Waals surface area (Å²) in [5.74, 6) is -0.450. The van der Waals surface area contributed by atoms with Gasteiger partial charge >= 0.3 is 12.0 Å². The zero-order valence-electron chi connectivity index (χ0n) is 13.1. The van der Waals surface area contributed by atoms with Crippen molar-refractivity contribution in [1.82, 2.24) is 15.1 Å². The number of aliphatic carboxylic acids is 1. The molecule has 6 nitrogen and oxygen atoms in total. The van der Waals surface area contributed by atoms with Gasteiger partial charge in [0.25, 0.3) is 0 Å². The molecule has 0 aromatic heterocycles. The van der Waals surface area contributed by atoms with E-state index in [0.717, 1.165) is 0 Å². The highest BCUT2D eigenvalue weighted by atomic mass is 16.4. The molecule has 1 fully saturated rings. The molecule has 2 N–H and O–H groups in total. The Morgan fingerprint density at radius 2 is 2.00 bits per heavy atom. The van der Waals surface area contributed by atoms with Crippen LogP contribution >= 0.6 is 0 Å². The van der Waals surface area contributed by atoms with Crippen molar-refractivity contribution < 1.29 is 14.7 Å². The molecule has 3 atom stereocenters. The Kier molecular flexibility index (Phi) is 5.39. The van der Waals surface area contributed by atoms with Crippen molar-refractivity contribution in [2.45, 2.75) is 33.2 Å². The summed E-state index contributed by atoms with van der Waals surface area (Å²) >= 11 is 0. The van der Waals surface area contributed by atoms with Gasteiger partial charge in [0.15, 0.2) is 0 Å². The molecule has 3 unspecified atom stereocenters. The standard InChI is InChI=1S/C14H27N3O3/c1-6-14(3,12(18)19)9-15-13(20)17-7-10(2)11(8-17)16(4)5/h10-11H,6-9H2,1-5H3,(H,15,20)(H,18,19). The average Bonchev–Trinajstić information content (AvgIpc) is 2.77. The van der Waals surface area contributed by atoms with E-state index in [1.807, 2.05) is 21.0 Å². The van der Waals surface area contributed by atoms with Crippen molar-refractivity contribution in [3.8, 4) is 0 Å². The van der Waals surface area contributed by atoms with E-state index in [9.17, 15) is 14.7 Å². The van der Waals surface area contributed by atoms with E-state index in [2.05, 4.69) is 17.1 Å². The predicted octanol–water partition coefficient (Wildman–Crippen LogP) is 1.08. The molecule has 0 aromatic carbocycles. The van der Waals surface area contributed by atoms with Crippen LogP contribution in [0.3, 0.4) is 0 Å². The van der Waals surface area contributed by atoms with E-state index in [4.69, 9.17) is 0 Å². The molecule has 6 heteroatoms. The molecule has 0 bridgehead atoms. The van der Waals surface area contributed by atoms with Crippen molar-refractivity contribution in [2.75, 3.05) is 33.7 Å². The number of carbonyl (C=O) groups is 2. The second-order valence-electron chi connectivity index (χ2n) is 6.29. The fourth-order valence-corrected chi connectivity index (χ4v) is 2.52. The van der Waals surface area contributed by atoms with Crippen molar-refractivity contribution in [1.29, 1.82) is 0 Å². The average molecular weight is 285 g/mol. The van der Waals surface area contributed by atoms with Gasteiger partial charge < -0.3 is 20.2 Å². The summed E-state index contributed by atoms with van der Waals surface area (Å²) in [6, 6.07) is 0.194. The molecule has 0 aliphatic carbocycles. The quantitative estimate of drug-likeness (QED) is 0.793. The minimum Gasteiger partial charge on any atom is -0.481 e. The first-order valence-corrected chi connectivity index (χ1v) is 7.14. The van der Waals surface area contributed by atoms with Crippen LogP contribution in [0.4, 0.5) is 4.79 Å². The highest BCUT2D eigenvalue weighted by Crippen LogP contribution is 2.22. The molecule has 1 aliphatic heterocycles. The summed E-state index contributed by atoms with van der Waals surface area (Å²) in [4.78, 5) is 27.3. The largest absolute Gasteiger partial charge is 0.481 e. The van der Waals surface area contributed by atoms with Gasteiger partial charge in [0.2, 0.25) is 0 Å². The van der Waals surface area contributed by atoms with E-state index < -0.39 is 11.4 Å². The van der Waals surface area contributed by atoms with Gasteiger partial charge in [-0.3, -0.25) is 4.79 Å². The number of likely N-dealkylation sites (N-methyl/N-ethyl adjacent to an activating group) is 1. The lowest BCUT2D eigenvalue weighted by atomic mass is 9.88. The maximum Gasteiger partial charge on any atom is 0.317 e. The van der Waals surface area contributed by atoms with Gasteiger partial charge in [0, 0.05) is 25.7 Å². The maximum absolute atomic E-state index is 12.1. The van der Waals surface area contributed by atoms with Gasteiger partial charge in [0.05, 0.1) is 5.41 Å². The van der Waals surface area contributed by atoms with Crippen LogP contribution in [-0.4, -0.2) is 66.7 Å². The molecule has 0 saturated carbocycles. The number of amides is 2. The Bertz CT molecular complexity index is 373. The molecule has 20 heavy (non-hydrogen) atoms. The number of nitrogens with zero attached hydrogens (tertiary/aromatic N) is 2. The van der Waals surface area contributed by atoms with Gasteiger partial charge in [-0.05, 0) is 33.4 Å². The first-order chi connectivity index (χ1) is 9.21. The van der Waals surface area contributed by atoms with Crippen LogP contribution in [0.2, 0.25) is 0 Å². The van der Waals surface area contributed by atoms with Gasteiger partial charge in [-0.25, -0.2) is 4.79 Å². The zero-order valence-corrected chi connectivity index (χ0v) is 13.1. The smallest absolute Gasteiger partial charge is 0.317 e. The molecule has 0 spiro atoms. The predicted molar refractivity (Wildman–Crippen MR) is 77.6 cm³/mol. The Balaban J connectivity index is 2.55. The summed E-state index contributed by atoms with van der Waals surface area (Å²) in [6.45, 7) is 7.17. The first-order valence-electron chi connectivity index (χ1n) is 7.14. The number of hydrogen-bond donors (Lipinski definition) is 2. The number of hydrogen-bond acceptors (Lipinski definition) is 3. The van der Waals surface area contributed by atoms with E-state index >= 15 is 0 Å². The van der Waals surface area contributed by atoms with E-state index in [0.29, 0.717) is 31.5 Å². The Hall–Kier alpha value is -1.30. The third-order valence-electron chi connectivity index (χ3n) is 4.45. The summed E-state index contributed by atoms with van der Waals surface area (Å²) in [5, 5.41) is 12.0. The second kappa shape index (κ2) is 6.43. The molecular weight excluding hydrogens is 258 g/mol. The molecule has 2 amide bonds. The monoisotopic (exact) mass is 285 g/mol. The van der Waals surface area contributed by atoms with Crippen molar-refractivity contribution in [3.05, 3.63) is 0 Å². The first kappa shape index (κ1) is 16.8. The van der Waals surface area contributed by atoms with E-state index in [1.165, 1.54) is 0 Å². The summed E-state index contributed by atoms with van der Waals surface area (Å²) in [5.41, 5.74) is -0.901. The van der Waals surface area contributed by atoms with E-state index in [1.54, 1.807) is 11.8 Å². The van der Waals surface area contributed by atoms with Gasteiger partial charge in [-0.2, -0.15) is 0 Å². The third-order valence-corrected chi connectivity index (χ3v) is 4.45. The molecule has 0 aromatic rings. The highest BCUT2D eigenvalue weighted by molar-refractivity contribution is 5.78. The number of carbonyl (C=O) groups excluding carboxylic acids is 1. The Labute approximate surface area is 121 Å². The van der Waals surface area contributed by atoms with Crippen LogP contribution in [0.25, 0.3) is 0 Å². The maximum atomic E-state index is 12.1. The van der Waals surface area contributed by atoms with Gasteiger partial charge in [-0.15, -0.1) is 0 Å². The molecule has 1 rings (SSSR count). The molecule has 1 aliphatic rings.